The van der Waals surface area contributed by atoms with Gasteiger partial charge >= 0.3 is 11.9 Å². The van der Waals surface area contributed by atoms with Crippen molar-refractivity contribution in [2.24, 2.45) is 0 Å². The largest absolute Gasteiger partial charge is 0.463 e. The fourth-order valence-electron chi connectivity index (χ4n) is 0.981. The van der Waals surface area contributed by atoms with Gasteiger partial charge in [-0.2, -0.15) is 0 Å². The Morgan fingerprint density at radius 2 is 1.72 bits per heavy atom. The summed E-state index contributed by atoms with van der Waals surface area (Å²) in [5.74, 6) is -1.39. The lowest BCUT2D eigenvalue weighted by molar-refractivity contribution is -0.140. The first-order chi connectivity index (χ1) is 8.24. The Labute approximate surface area is 106 Å². The molecule has 7 nitrogen and oxygen atoms in total. The second-order valence-corrected chi connectivity index (χ2v) is 5.29. The van der Waals surface area contributed by atoms with Crippen LogP contribution in [0.4, 0.5) is 0 Å². The zero-order valence-electron chi connectivity index (χ0n) is 10.5. The molecule has 0 aliphatic carbocycles. The van der Waals surface area contributed by atoms with Gasteiger partial charge in [0.15, 0.2) is 0 Å². The van der Waals surface area contributed by atoms with Crippen LogP contribution in [0.5, 0.6) is 0 Å². The van der Waals surface area contributed by atoms with Gasteiger partial charge in [-0.25, -0.2) is 22.7 Å². The molecule has 0 aliphatic heterocycles. The van der Waals surface area contributed by atoms with E-state index in [4.69, 9.17) is 4.74 Å². The molecule has 0 spiro atoms. The number of rotatable bonds is 7. The molecule has 0 aromatic heterocycles. The molecule has 0 saturated heterocycles. The van der Waals surface area contributed by atoms with Crippen molar-refractivity contribution in [3.8, 4) is 0 Å². The van der Waals surface area contributed by atoms with E-state index >= 15 is 0 Å². The van der Waals surface area contributed by atoms with Crippen LogP contribution in [-0.2, 0) is 29.1 Å². The quantitative estimate of drug-likeness (QED) is 0.502. The summed E-state index contributed by atoms with van der Waals surface area (Å²) in [6.45, 7) is 3.28. The van der Waals surface area contributed by atoms with Crippen molar-refractivity contribution in [2.75, 3.05) is 19.5 Å². The van der Waals surface area contributed by atoms with Crippen molar-refractivity contribution in [3.63, 3.8) is 0 Å². The van der Waals surface area contributed by atoms with Crippen molar-refractivity contribution in [2.45, 2.75) is 19.9 Å². The molecule has 0 amide bonds. The summed E-state index contributed by atoms with van der Waals surface area (Å²) in [4.78, 5) is 22.0. The van der Waals surface area contributed by atoms with E-state index in [1.54, 1.807) is 13.8 Å². The van der Waals surface area contributed by atoms with E-state index in [2.05, 4.69) is 9.46 Å². The molecule has 0 fully saturated rings. The van der Waals surface area contributed by atoms with Crippen LogP contribution in [0.3, 0.4) is 0 Å². The lowest BCUT2D eigenvalue weighted by Gasteiger charge is -2.11. The Morgan fingerprint density at radius 3 is 2.17 bits per heavy atom. The smallest absolute Gasteiger partial charge is 0.331 e. The van der Waals surface area contributed by atoms with Gasteiger partial charge in [0.2, 0.25) is 10.0 Å². The third kappa shape index (κ3) is 9.79. The van der Waals surface area contributed by atoms with Gasteiger partial charge in [-0.1, -0.05) is 0 Å². The number of esters is 2. The fourth-order valence-corrected chi connectivity index (χ4v) is 1.78. The Kier molecular flexibility index (Phi) is 7.21. The first-order valence-corrected chi connectivity index (χ1v) is 7.12. The maximum atomic E-state index is 11.1. The summed E-state index contributed by atoms with van der Waals surface area (Å²) < 4.78 is 33.2. The third-order valence-electron chi connectivity index (χ3n) is 1.53. The first-order valence-electron chi connectivity index (χ1n) is 5.23. The summed E-state index contributed by atoms with van der Waals surface area (Å²) in [5.41, 5.74) is 0. The summed E-state index contributed by atoms with van der Waals surface area (Å²) in [6, 6.07) is -0.542. The van der Waals surface area contributed by atoms with Gasteiger partial charge in [0.1, 0.15) is 6.61 Å². The monoisotopic (exact) mass is 279 g/mol. The van der Waals surface area contributed by atoms with Gasteiger partial charge in [0, 0.05) is 12.2 Å². The lowest BCUT2D eigenvalue weighted by atomic mass is 10.4. The lowest BCUT2D eigenvalue weighted by Crippen LogP contribution is -2.35. The van der Waals surface area contributed by atoms with Crippen molar-refractivity contribution < 1.29 is 27.5 Å². The first kappa shape index (κ1) is 16.6. The van der Waals surface area contributed by atoms with E-state index in [-0.39, 0.29) is 13.2 Å². The molecule has 0 saturated carbocycles. The molecule has 1 atom stereocenters. The molecule has 0 heterocycles. The third-order valence-corrected chi connectivity index (χ3v) is 2.36. The van der Waals surface area contributed by atoms with E-state index in [0.29, 0.717) is 0 Å². The summed E-state index contributed by atoms with van der Waals surface area (Å²) >= 11 is 0. The average molecular weight is 279 g/mol. The standard InChI is InChI=1S/C10H17NO6S/c1-4-16-9(12)5-6-10(13)17-7-8(2)11-18(3,14)15/h5-6,8,11H,4,7H2,1-3H3/b6-5+. The Hall–Kier alpha value is -1.41. The zero-order valence-corrected chi connectivity index (χ0v) is 11.3. The highest BCUT2D eigenvalue weighted by atomic mass is 32.2. The number of nitrogens with one attached hydrogen (secondary N) is 1. The van der Waals surface area contributed by atoms with Crippen LogP contribution in [0.25, 0.3) is 0 Å². The van der Waals surface area contributed by atoms with Crippen LogP contribution >= 0.6 is 0 Å². The Morgan fingerprint density at radius 1 is 1.22 bits per heavy atom. The number of ether oxygens (including phenoxy) is 2. The van der Waals surface area contributed by atoms with Gasteiger partial charge in [-0.15, -0.1) is 0 Å². The van der Waals surface area contributed by atoms with Crippen molar-refractivity contribution >= 4 is 22.0 Å². The molecule has 0 aromatic rings. The van der Waals surface area contributed by atoms with E-state index in [9.17, 15) is 18.0 Å². The van der Waals surface area contributed by atoms with E-state index in [0.717, 1.165) is 18.4 Å². The minimum absolute atomic E-state index is 0.126. The molecule has 1 N–H and O–H groups in total. The highest BCUT2D eigenvalue weighted by Gasteiger charge is 2.10. The van der Waals surface area contributed by atoms with Crippen LogP contribution in [0, 0.1) is 0 Å². The highest BCUT2D eigenvalue weighted by Crippen LogP contribution is 1.90. The predicted molar refractivity (Wildman–Crippen MR) is 64.2 cm³/mol. The molecule has 0 rings (SSSR count). The van der Waals surface area contributed by atoms with Gasteiger partial charge in [0.25, 0.3) is 0 Å². The molecule has 0 bridgehead atoms. The normalized spacial score (nSPS) is 13.3. The maximum Gasteiger partial charge on any atom is 0.331 e. The molecule has 8 heteroatoms. The number of sulfonamides is 1. The molecule has 0 aliphatic rings. The van der Waals surface area contributed by atoms with Gasteiger partial charge < -0.3 is 9.47 Å². The van der Waals surface area contributed by atoms with Crippen LogP contribution < -0.4 is 4.72 Å². The minimum atomic E-state index is -3.34. The number of carbonyl (C=O) groups is 2. The van der Waals surface area contributed by atoms with E-state index < -0.39 is 28.0 Å². The van der Waals surface area contributed by atoms with Crippen LogP contribution in [0.15, 0.2) is 12.2 Å². The van der Waals surface area contributed by atoms with Crippen molar-refractivity contribution in [1.29, 1.82) is 0 Å². The van der Waals surface area contributed by atoms with Gasteiger partial charge in [-0.3, -0.25) is 0 Å². The number of hydrogen-bond acceptors (Lipinski definition) is 6. The highest BCUT2D eigenvalue weighted by molar-refractivity contribution is 7.88. The molecule has 0 radical (unpaired) electrons. The van der Waals surface area contributed by atoms with Crippen LogP contribution in [-0.4, -0.2) is 45.9 Å². The van der Waals surface area contributed by atoms with E-state index in [1.165, 1.54) is 0 Å². The summed E-state index contributed by atoms with van der Waals surface area (Å²) in [6.07, 6.45) is 2.87. The topological polar surface area (TPSA) is 98.8 Å². The molecular formula is C10H17NO6S. The predicted octanol–water partition coefficient (Wildman–Crippen LogP) is -0.413. The second-order valence-electron chi connectivity index (χ2n) is 3.51. The van der Waals surface area contributed by atoms with Gasteiger partial charge in [-0.05, 0) is 13.8 Å². The average Bonchev–Trinajstić information content (AvgIpc) is 2.21. The van der Waals surface area contributed by atoms with Crippen LogP contribution in [0.1, 0.15) is 13.8 Å². The summed E-state index contributed by atoms with van der Waals surface area (Å²) in [5, 5.41) is 0. The number of carbonyl (C=O) groups excluding carboxylic acids is 2. The molecule has 18 heavy (non-hydrogen) atoms. The molecule has 0 aromatic carbocycles. The molecule has 1 unspecified atom stereocenters. The molecular weight excluding hydrogens is 262 g/mol. The fraction of sp³-hybridized carbons (Fsp3) is 0.600. The summed E-state index contributed by atoms with van der Waals surface area (Å²) in [7, 11) is -3.34. The van der Waals surface area contributed by atoms with Crippen molar-refractivity contribution in [1.82, 2.24) is 4.72 Å². The number of hydrogen-bond donors (Lipinski definition) is 1. The Balaban J connectivity index is 4.00. The van der Waals surface area contributed by atoms with Crippen LogP contribution in [0.2, 0.25) is 0 Å². The van der Waals surface area contributed by atoms with Crippen molar-refractivity contribution in [3.05, 3.63) is 12.2 Å². The van der Waals surface area contributed by atoms with E-state index in [1.807, 2.05) is 0 Å². The SMILES string of the molecule is CCOC(=O)/C=C/C(=O)OCC(C)NS(C)(=O)=O. The second kappa shape index (κ2) is 7.83. The maximum absolute atomic E-state index is 11.1. The minimum Gasteiger partial charge on any atom is -0.463 e. The Bertz CT molecular complexity index is 414. The zero-order chi connectivity index (χ0) is 14.2. The molecule has 104 valence electrons. The van der Waals surface area contributed by atoms with Gasteiger partial charge in [0.05, 0.1) is 18.9 Å².